The molecule has 0 rings (SSSR count). The van der Waals surface area contributed by atoms with Crippen molar-refractivity contribution in [2.45, 2.75) is 40.5 Å². The highest BCUT2D eigenvalue weighted by Crippen LogP contribution is 2.15. The molecule has 0 saturated carbocycles. The van der Waals surface area contributed by atoms with Crippen LogP contribution in [0.25, 0.3) is 0 Å². The molecule has 0 aromatic heterocycles. The second kappa shape index (κ2) is 7.60. The Morgan fingerprint density at radius 3 is 2.50 bits per heavy atom. The minimum absolute atomic E-state index is 0.233. The highest BCUT2D eigenvalue weighted by molar-refractivity contribution is 5.81. The molecule has 0 bridgehead atoms. The molecule has 0 amide bonds. The van der Waals surface area contributed by atoms with Crippen LogP contribution in [-0.4, -0.2) is 12.6 Å². The van der Waals surface area contributed by atoms with Gasteiger partial charge in [0.05, 0.1) is 6.61 Å². The summed E-state index contributed by atoms with van der Waals surface area (Å²) < 4.78 is 4.80. The van der Waals surface area contributed by atoms with E-state index in [4.69, 9.17) is 4.74 Å². The van der Waals surface area contributed by atoms with Gasteiger partial charge in [0.1, 0.15) is 0 Å². The van der Waals surface area contributed by atoms with E-state index in [1.165, 1.54) is 12.5 Å². The van der Waals surface area contributed by atoms with Crippen molar-refractivity contribution in [3.05, 3.63) is 12.2 Å². The van der Waals surface area contributed by atoms with E-state index in [-0.39, 0.29) is 5.97 Å². The zero-order chi connectivity index (χ0) is 11.0. The van der Waals surface area contributed by atoms with Gasteiger partial charge in [-0.05, 0) is 25.2 Å². The highest BCUT2D eigenvalue weighted by Gasteiger charge is 2.04. The predicted octanol–water partition coefficient (Wildman–Crippen LogP) is 3.18. The van der Waals surface area contributed by atoms with Crippen molar-refractivity contribution in [3.8, 4) is 0 Å². The molecular formula is C12H22O2. The Hall–Kier alpha value is -0.790. The van der Waals surface area contributed by atoms with Crippen molar-refractivity contribution in [2.24, 2.45) is 11.8 Å². The number of hydrogen-bond acceptors (Lipinski definition) is 2. The van der Waals surface area contributed by atoms with Crippen molar-refractivity contribution < 1.29 is 9.53 Å². The van der Waals surface area contributed by atoms with Crippen LogP contribution in [-0.2, 0) is 9.53 Å². The van der Waals surface area contributed by atoms with Gasteiger partial charge in [-0.15, -0.1) is 0 Å². The molecule has 2 heteroatoms. The Morgan fingerprint density at radius 2 is 2.00 bits per heavy atom. The molecule has 2 atom stereocenters. The lowest BCUT2D eigenvalue weighted by atomic mass is 9.95. The average Bonchev–Trinajstić information content (AvgIpc) is 2.15. The van der Waals surface area contributed by atoms with Crippen LogP contribution in [0.2, 0.25) is 0 Å². The number of esters is 1. The second-order valence-electron chi connectivity index (χ2n) is 3.84. The first-order valence-corrected chi connectivity index (χ1v) is 5.45. The maximum atomic E-state index is 11.0. The first-order valence-electron chi connectivity index (χ1n) is 5.45. The number of rotatable bonds is 6. The van der Waals surface area contributed by atoms with Crippen LogP contribution in [0.15, 0.2) is 12.2 Å². The normalized spacial score (nSPS) is 15.4. The minimum Gasteiger partial charge on any atom is -0.463 e. The summed E-state index contributed by atoms with van der Waals surface area (Å²) in [7, 11) is 0. The topological polar surface area (TPSA) is 26.3 Å². The fraction of sp³-hybridized carbons (Fsp3) is 0.750. The molecule has 0 spiro atoms. The minimum atomic E-state index is -0.233. The molecule has 0 aliphatic carbocycles. The Morgan fingerprint density at radius 1 is 1.36 bits per heavy atom. The fourth-order valence-electron chi connectivity index (χ4n) is 1.31. The molecule has 82 valence electrons. The van der Waals surface area contributed by atoms with E-state index in [1.807, 2.05) is 13.0 Å². The maximum absolute atomic E-state index is 11.0. The number of hydrogen-bond donors (Lipinski definition) is 0. The number of carbonyl (C=O) groups is 1. The summed E-state index contributed by atoms with van der Waals surface area (Å²) in [4.78, 5) is 11.0. The van der Waals surface area contributed by atoms with Crippen molar-refractivity contribution in [3.63, 3.8) is 0 Å². The summed E-state index contributed by atoms with van der Waals surface area (Å²) in [5.41, 5.74) is 0. The zero-order valence-electron chi connectivity index (χ0n) is 9.75. The third-order valence-electron chi connectivity index (χ3n) is 2.32. The highest BCUT2D eigenvalue weighted by atomic mass is 16.5. The van der Waals surface area contributed by atoms with Crippen molar-refractivity contribution >= 4 is 5.97 Å². The molecule has 0 aromatic rings. The monoisotopic (exact) mass is 198 g/mol. The van der Waals surface area contributed by atoms with Gasteiger partial charge in [-0.3, -0.25) is 0 Å². The Kier molecular flexibility index (Phi) is 7.17. The lowest BCUT2D eigenvalue weighted by molar-refractivity contribution is -0.137. The van der Waals surface area contributed by atoms with E-state index >= 15 is 0 Å². The van der Waals surface area contributed by atoms with Crippen LogP contribution in [0, 0.1) is 11.8 Å². The summed E-state index contributed by atoms with van der Waals surface area (Å²) in [5, 5.41) is 0. The molecule has 0 heterocycles. The molecule has 14 heavy (non-hydrogen) atoms. The predicted molar refractivity (Wildman–Crippen MR) is 59.0 cm³/mol. The lowest BCUT2D eigenvalue weighted by Gasteiger charge is -2.11. The van der Waals surface area contributed by atoms with Crippen molar-refractivity contribution in [1.82, 2.24) is 0 Å². The number of carbonyl (C=O) groups excluding carboxylic acids is 1. The molecule has 2 nitrogen and oxygen atoms in total. The molecule has 0 unspecified atom stereocenters. The van der Waals surface area contributed by atoms with Gasteiger partial charge in [0, 0.05) is 6.08 Å². The van der Waals surface area contributed by atoms with Gasteiger partial charge in [0.15, 0.2) is 0 Å². The first-order chi connectivity index (χ1) is 6.60. The van der Waals surface area contributed by atoms with Crippen LogP contribution in [0.3, 0.4) is 0 Å². The van der Waals surface area contributed by atoms with E-state index < -0.39 is 0 Å². The maximum Gasteiger partial charge on any atom is 0.330 e. The Bertz CT molecular complexity index is 185. The Labute approximate surface area is 87.3 Å². The van der Waals surface area contributed by atoms with Crippen LogP contribution in [0.5, 0.6) is 0 Å². The summed E-state index contributed by atoms with van der Waals surface area (Å²) in [6.45, 7) is 8.81. The smallest absolute Gasteiger partial charge is 0.330 e. The van der Waals surface area contributed by atoms with E-state index in [9.17, 15) is 4.79 Å². The van der Waals surface area contributed by atoms with E-state index in [2.05, 4.69) is 20.8 Å². The number of ether oxygens (including phenoxy) is 1. The molecule has 0 aliphatic rings. The molecule has 0 aromatic carbocycles. The number of allylic oxidation sites excluding steroid dienone is 1. The second-order valence-corrected chi connectivity index (χ2v) is 3.84. The SMILES string of the molecule is CCOC(=O)/C=C/[C@H](C)C[C@H](C)CC. The molecule has 0 aliphatic heterocycles. The Balaban J connectivity index is 3.80. The molecule has 0 fully saturated rings. The third kappa shape index (κ3) is 6.70. The quantitative estimate of drug-likeness (QED) is 0.484. The van der Waals surface area contributed by atoms with Crippen LogP contribution in [0.4, 0.5) is 0 Å². The molecular weight excluding hydrogens is 176 g/mol. The van der Waals surface area contributed by atoms with Gasteiger partial charge in [-0.2, -0.15) is 0 Å². The average molecular weight is 198 g/mol. The summed E-state index contributed by atoms with van der Waals surface area (Å²) in [5.74, 6) is 0.940. The van der Waals surface area contributed by atoms with Crippen LogP contribution < -0.4 is 0 Å². The van der Waals surface area contributed by atoms with Crippen molar-refractivity contribution in [2.75, 3.05) is 6.61 Å². The fourth-order valence-corrected chi connectivity index (χ4v) is 1.31. The van der Waals surface area contributed by atoms with E-state index in [0.717, 1.165) is 12.3 Å². The summed E-state index contributed by atoms with van der Waals surface area (Å²) in [6, 6.07) is 0. The lowest BCUT2D eigenvalue weighted by Crippen LogP contribution is -2.02. The van der Waals surface area contributed by atoms with Crippen LogP contribution in [0.1, 0.15) is 40.5 Å². The zero-order valence-corrected chi connectivity index (χ0v) is 9.75. The van der Waals surface area contributed by atoms with Crippen LogP contribution >= 0.6 is 0 Å². The van der Waals surface area contributed by atoms with E-state index in [0.29, 0.717) is 12.5 Å². The van der Waals surface area contributed by atoms with Gasteiger partial charge in [0.2, 0.25) is 0 Å². The van der Waals surface area contributed by atoms with Gasteiger partial charge < -0.3 is 4.74 Å². The molecule has 0 N–H and O–H groups in total. The van der Waals surface area contributed by atoms with Crippen molar-refractivity contribution in [1.29, 1.82) is 0 Å². The van der Waals surface area contributed by atoms with Gasteiger partial charge in [-0.1, -0.05) is 33.3 Å². The van der Waals surface area contributed by atoms with Gasteiger partial charge in [0.25, 0.3) is 0 Å². The van der Waals surface area contributed by atoms with Gasteiger partial charge >= 0.3 is 5.97 Å². The molecule has 0 radical (unpaired) electrons. The van der Waals surface area contributed by atoms with E-state index in [1.54, 1.807) is 0 Å². The standard InChI is InChI=1S/C12H22O2/c1-5-10(3)9-11(4)7-8-12(13)14-6-2/h7-8,10-11H,5-6,9H2,1-4H3/b8-7+/t10-,11+/m1/s1. The molecule has 0 saturated heterocycles. The summed E-state index contributed by atoms with van der Waals surface area (Å²) in [6.07, 6.45) is 5.80. The summed E-state index contributed by atoms with van der Waals surface area (Å²) >= 11 is 0. The third-order valence-corrected chi connectivity index (χ3v) is 2.32. The first kappa shape index (κ1) is 13.2. The van der Waals surface area contributed by atoms with Gasteiger partial charge in [-0.25, -0.2) is 4.79 Å². The largest absolute Gasteiger partial charge is 0.463 e.